The Kier molecular flexibility index (Phi) is 9.61. The lowest BCUT2D eigenvalue weighted by Crippen LogP contribution is -2.25. The summed E-state index contributed by atoms with van der Waals surface area (Å²) in [5.41, 5.74) is 17.6. The van der Waals surface area contributed by atoms with Gasteiger partial charge in [0.2, 0.25) is 0 Å². The Morgan fingerprint density at radius 3 is 1.60 bits per heavy atom. The van der Waals surface area contributed by atoms with Gasteiger partial charge in [0.1, 0.15) is 6.17 Å². The van der Waals surface area contributed by atoms with E-state index in [2.05, 4.69) is 236 Å². The van der Waals surface area contributed by atoms with Gasteiger partial charge in [-0.05, 0) is 109 Å². The van der Waals surface area contributed by atoms with Crippen molar-refractivity contribution in [2.75, 3.05) is 0 Å². The number of nitrogens with one attached hydrogen (secondary N) is 1. The van der Waals surface area contributed by atoms with Crippen LogP contribution in [0.5, 0.6) is 0 Å². The van der Waals surface area contributed by atoms with E-state index in [1.165, 1.54) is 44.2 Å². The summed E-state index contributed by atoms with van der Waals surface area (Å²) in [6.07, 6.45) is 1.91. The third kappa shape index (κ3) is 7.27. The van der Waals surface area contributed by atoms with Crippen molar-refractivity contribution in [1.29, 1.82) is 0 Å². The van der Waals surface area contributed by atoms with Gasteiger partial charge in [0, 0.05) is 22.2 Å². The molecule has 0 spiro atoms. The third-order valence-corrected chi connectivity index (χ3v) is 11.9. The first-order chi connectivity index (χ1) is 30.7. The summed E-state index contributed by atoms with van der Waals surface area (Å²) in [4.78, 5) is 10.6. The van der Waals surface area contributed by atoms with E-state index in [1.54, 1.807) is 0 Å². The molecule has 1 aliphatic rings. The maximum Gasteiger partial charge on any atom is 0.145 e. The topological polar surface area (TPSA) is 37.3 Å². The SMILES string of the molecule is C1=C(c2cccc(-c3ccccc3)c2)NC(c2cccc(-c3ccccc3)c2)N=C1c1cccc(-c2ccc3c(ccc4nc(-c5ccccc5)cc(-c5ccccc5)c43)c2)c1. The zero-order valence-electron chi connectivity index (χ0n) is 34.0. The molecule has 3 nitrogen and oxygen atoms in total. The largest absolute Gasteiger partial charge is 0.360 e. The molecule has 0 saturated carbocycles. The van der Waals surface area contributed by atoms with Gasteiger partial charge >= 0.3 is 0 Å². The van der Waals surface area contributed by atoms with Crippen LogP contribution in [0.4, 0.5) is 0 Å². The lowest BCUT2D eigenvalue weighted by atomic mass is 9.92. The quantitative estimate of drug-likeness (QED) is 0.156. The van der Waals surface area contributed by atoms with E-state index in [-0.39, 0.29) is 6.17 Å². The van der Waals surface area contributed by atoms with Crippen LogP contribution >= 0.6 is 0 Å². The Balaban J connectivity index is 1.00. The van der Waals surface area contributed by atoms with E-state index in [0.29, 0.717) is 0 Å². The summed E-state index contributed by atoms with van der Waals surface area (Å²) >= 11 is 0. The number of benzene rings is 9. The minimum Gasteiger partial charge on any atom is -0.360 e. The van der Waals surface area contributed by atoms with Crippen LogP contribution in [0.1, 0.15) is 22.9 Å². The summed E-state index contributed by atoms with van der Waals surface area (Å²) in [5, 5.41) is 7.34. The molecule has 1 N–H and O–H groups in total. The van der Waals surface area contributed by atoms with Crippen molar-refractivity contribution in [2.24, 2.45) is 4.99 Å². The highest BCUT2D eigenvalue weighted by molar-refractivity contribution is 6.15. The molecule has 1 atom stereocenters. The maximum absolute atomic E-state index is 5.42. The molecule has 0 saturated heterocycles. The molecular weight excluding hydrogens is 751 g/mol. The second-order valence-corrected chi connectivity index (χ2v) is 15.8. The van der Waals surface area contributed by atoms with Crippen LogP contribution in [0.25, 0.3) is 83.1 Å². The van der Waals surface area contributed by atoms with E-state index in [9.17, 15) is 0 Å². The molecule has 2 heterocycles. The van der Waals surface area contributed by atoms with Crippen LogP contribution in [-0.2, 0) is 0 Å². The van der Waals surface area contributed by atoms with Crippen molar-refractivity contribution in [1.82, 2.24) is 10.3 Å². The molecule has 0 aliphatic carbocycles. The summed E-state index contributed by atoms with van der Waals surface area (Å²) < 4.78 is 0. The molecule has 0 bridgehead atoms. The Morgan fingerprint density at radius 2 is 0.903 bits per heavy atom. The number of aromatic nitrogens is 1. The smallest absolute Gasteiger partial charge is 0.145 e. The average Bonchev–Trinajstić information content (AvgIpc) is 3.37. The normalized spacial score (nSPS) is 13.6. The van der Waals surface area contributed by atoms with E-state index in [1.807, 2.05) is 6.07 Å². The van der Waals surface area contributed by atoms with Gasteiger partial charge in [-0.25, -0.2) is 4.98 Å². The van der Waals surface area contributed by atoms with Gasteiger partial charge in [0.15, 0.2) is 0 Å². The minimum atomic E-state index is -0.290. The van der Waals surface area contributed by atoms with Gasteiger partial charge < -0.3 is 5.32 Å². The Hall–Kier alpha value is -8.14. The summed E-state index contributed by atoms with van der Waals surface area (Å²) in [7, 11) is 0. The van der Waals surface area contributed by atoms with Crippen molar-refractivity contribution in [3.8, 4) is 55.8 Å². The van der Waals surface area contributed by atoms with Gasteiger partial charge in [-0.2, -0.15) is 0 Å². The fraction of sp³-hybridized carbons (Fsp3) is 0.0169. The van der Waals surface area contributed by atoms with Crippen LogP contribution in [0.3, 0.4) is 0 Å². The number of rotatable bonds is 8. The van der Waals surface area contributed by atoms with Gasteiger partial charge in [0.05, 0.1) is 16.9 Å². The molecule has 10 aromatic rings. The highest BCUT2D eigenvalue weighted by atomic mass is 15.1. The molecule has 62 heavy (non-hydrogen) atoms. The first kappa shape index (κ1) is 36.9. The zero-order chi connectivity index (χ0) is 41.2. The van der Waals surface area contributed by atoms with E-state index in [4.69, 9.17) is 9.98 Å². The minimum absolute atomic E-state index is 0.290. The predicted octanol–water partition coefficient (Wildman–Crippen LogP) is 14.9. The number of aliphatic imine (C=N–C) groups is 1. The van der Waals surface area contributed by atoms with Gasteiger partial charge in [-0.15, -0.1) is 0 Å². The van der Waals surface area contributed by atoms with Crippen molar-refractivity contribution >= 4 is 33.1 Å². The predicted molar refractivity (Wildman–Crippen MR) is 260 cm³/mol. The van der Waals surface area contributed by atoms with Crippen LogP contribution in [0, 0.1) is 0 Å². The zero-order valence-corrected chi connectivity index (χ0v) is 34.0. The fourth-order valence-corrected chi connectivity index (χ4v) is 8.74. The molecule has 0 fully saturated rings. The Labute approximate surface area is 362 Å². The van der Waals surface area contributed by atoms with Crippen molar-refractivity contribution < 1.29 is 0 Å². The van der Waals surface area contributed by atoms with Crippen LogP contribution in [0.15, 0.2) is 242 Å². The van der Waals surface area contributed by atoms with Crippen molar-refractivity contribution in [3.05, 3.63) is 253 Å². The molecule has 0 amide bonds. The van der Waals surface area contributed by atoms with E-state index < -0.39 is 0 Å². The molecule has 9 aromatic carbocycles. The summed E-state index contributed by atoms with van der Waals surface area (Å²) in [5.74, 6) is 0. The third-order valence-electron chi connectivity index (χ3n) is 11.9. The second-order valence-electron chi connectivity index (χ2n) is 15.8. The molecule has 1 aromatic heterocycles. The summed E-state index contributed by atoms with van der Waals surface area (Å²) in [6, 6.07) is 82.0. The molecule has 0 radical (unpaired) electrons. The number of allylic oxidation sites excluding steroid dienone is 1. The summed E-state index contributed by atoms with van der Waals surface area (Å²) in [6.45, 7) is 0. The lowest BCUT2D eigenvalue weighted by Gasteiger charge is -2.25. The van der Waals surface area contributed by atoms with Gasteiger partial charge in [-0.1, -0.05) is 194 Å². The maximum atomic E-state index is 5.42. The first-order valence-electron chi connectivity index (χ1n) is 21.2. The van der Waals surface area contributed by atoms with Crippen LogP contribution in [-0.4, -0.2) is 10.7 Å². The van der Waals surface area contributed by atoms with Crippen molar-refractivity contribution in [2.45, 2.75) is 6.17 Å². The Bertz CT molecular complexity index is 3300. The van der Waals surface area contributed by atoms with E-state index >= 15 is 0 Å². The van der Waals surface area contributed by atoms with Crippen LogP contribution in [0.2, 0.25) is 0 Å². The standard InChI is InChI=1S/C59H41N3/c1-5-16-40(17-6-1)44-24-13-27-49(35-44)56-39-57(62-59(61-56)51-29-15-25-45(37-51)41-18-7-2-8-19-41)50-28-14-26-46(36-50)47-30-32-52-48(34-47)31-33-54-58(52)53(42-20-9-3-10-21-42)38-55(60-54)43-22-11-4-12-23-43/h1-39,59,61H. The highest BCUT2D eigenvalue weighted by Crippen LogP contribution is 2.38. The van der Waals surface area contributed by atoms with Crippen LogP contribution < -0.4 is 5.32 Å². The number of hydrogen-bond donors (Lipinski definition) is 1. The second kappa shape index (κ2) is 16.1. The molecular formula is C59H41N3. The lowest BCUT2D eigenvalue weighted by molar-refractivity contribution is 0.664. The van der Waals surface area contributed by atoms with Crippen molar-refractivity contribution in [3.63, 3.8) is 0 Å². The molecule has 11 rings (SSSR count). The number of hydrogen-bond acceptors (Lipinski definition) is 3. The average molecular weight is 792 g/mol. The fourth-order valence-electron chi connectivity index (χ4n) is 8.74. The highest BCUT2D eigenvalue weighted by Gasteiger charge is 2.21. The molecule has 1 unspecified atom stereocenters. The Morgan fingerprint density at radius 1 is 0.371 bits per heavy atom. The monoisotopic (exact) mass is 791 g/mol. The molecule has 292 valence electrons. The number of nitrogens with zero attached hydrogens (tertiary/aromatic N) is 2. The number of fused-ring (bicyclic) bond motifs is 3. The first-order valence-corrected chi connectivity index (χ1v) is 21.2. The number of pyridine rings is 1. The van der Waals surface area contributed by atoms with Gasteiger partial charge in [0.25, 0.3) is 0 Å². The van der Waals surface area contributed by atoms with E-state index in [0.717, 1.165) is 61.4 Å². The van der Waals surface area contributed by atoms with Gasteiger partial charge in [-0.3, -0.25) is 4.99 Å². The molecule has 3 heteroatoms. The molecule has 1 aliphatic heterocycles.